The van der Waals surface area contributed by atoms with Crippen LogP contribution in [-0.2, 0) is 16.5 Å². The highest BCUT2D eigenvalue weighted by Crippen LogP contribution is 2.33. The summed E-state index contributed by atoms with van der Waals surface area (Å²) in [6.07, 6.45) is -1.48. The molecule has 0 bridgehead atoms. The van der Waals surface area contributed by atoms with Crippen molar-refractivity contribution < 1.29 is 32.2 Å². The molecule has 4 aromatic rings. The maximum atomic E-state index is 12.7. The minimum Gasteiger partial charge on any atom is -0.406 e. The van der Waals surface area contributed by atoms with Crippen molar-refractivity contribution in [2.75, 3.05) is 25.1 Å². The predicted molar refractivity (Wildman–Crippen MR) is 134 cm³/mol. The summed E-state index contributed by atoms with van der Waals surface area (Å²) in [6, 6.07) is 9.37. The topological polar surface area (TPSA) is 87.5 Å². The Bertz CT molecular complexity index is 1410. The van der Waals surface area contributed by atoms with E-state index in [-0.39, 0.29) is 17.6 Å². The molecule has 1 saturated heterocycles. The third-order valence-corrected chi connectivity index (χ3v) is 6.97. The molecule has 0 aliphatic carbocycles. The molecule has 1 unspecified atom stereocenters. The van der Waals surface area contributed by atoms with Gasteiger partial charge in [0.1, 0.15) is 5.75 Å². The van der Waals surface area contributed by atoms with Gasteiger partial charge in [0.05, 0.1) is 34.0 Å². The minimum absolute atomic E-state index is 0.0193. The number of anilines is 2. The number of aryl methyl sites for hydroxylation is 1. The van der Waals surface area contributed by atoms with Crippen molar-refractivity contribution in [3.05, 3.63) is 42.0 Å². The van der Waals surface area contributed by atoms with Crippen LogP contribution in [0, 0.1) is 0 Å². The molecule has 2 aromatic heterocycles. The van der Waals surface area contributed by atoms with Crippen LogP contribution in [0.15, 0.2) is 36.4 Å². The van der Waals surface area contributed by atoms with E-state index in [4.69, 9.17) is 9.47 Å². The summed E-state index contributed by atoms with van der Waals surface area (Å²) in [7, 11) is 1.83. The van der Waals surface area contributed by atoms with Crippen LogP contribution in [0.25, 0.3) is 21.3 Å². The molecular weight excluding hydrogens is 509 g/mol. The van der Waals surface area contributed by atoms with Gasteiger partial charge in [0.25, 0.3) is 0 Å². The van der Waals surface area contributed by atoms with Crippen LogP contribution in [0.5, 0.6) is 5.75 Å². The number of nitrogens with one attached hydrogen (secondary N) is 1. The molecule has 8 nitrogen and oxygen atoms in total. The average molecular weight is 535 g/mol. The van der Waals surface area contributed by atoms with Crippen LogP contribution < -0.4 is 10.1 Å². The molecule has 0 radical (unpaired) electrons. The Labute approximate surface area is 214 Å². The number of rotatable bonds is 10. The second-order valence-corrected chi connectivity index (χ2v) is 9.79. The number of fused-ring (bicyclic) bond motifs is 2. The number of carbonyl (C=O) groups is 1. The number of halogens is 3. The van der Waals surface area contributed by atoms with Gasteiger partial charge in [0.2, 0.25) is 5.95 Å². The Morgan fingerprint density at radius 2 is 2.08 bits per heavy atom. The molecule has 12 heteroatoms. The van der Waals surface area contributed by atoms with Crippen molar-refractivity contribution in [1.82, 2.24) is 14.5 Å². The largest absolute Gasteiger partial charge is 0.573 e. The first-order chi connectivity index (χ1) is 17.7. The summed E-state index contributed by atoms with van der Waals surface area (Å²) in [5, 5.41) is 3.59. The van der Waals surface area contributed by atoms with E-state index < -0.39 is 6.36 Å². The number of nitrogens with zero attached hydrogens (tertiary/aromatic N) is 3. The van der Waals surface area contributed by atoms with Gasteiger partial charge >= 0.3 is 6.36 Å². The van der Waals surface area contributed by atoms with Gasteiger partial charge in [0, 0.05) is 38.3 Å². The molecule has 3 heterocycles. The Hall–Kier alpha value is -3.22. The van der Waals surface area contributed by atoms with Crippen molar-refractivity contribution in [3.8, 4) is 5.75 Å². The number of hydrogen-bond acceptors (Lipinski definition) is 8. The van der Waals surface area contributed by atoms with Crippen molar-refractivity contribution in [3.63, 3.8) is 0 Å². The van der Waals surface area contributed by atoms with Crippen LogP contribution in [0.4, 0.5) is 24.3 Å². The number of carbonyl (C=O) groups excluding carboxylic acids is 1. The van der Waals surface area contributed by atoms with E-state index in [9.17, 15) is 18.0 Å². The number of thiazole rings is 1. The van der Waals surface area contributed by atoms with Gasteiger partial charge in [-0.15, -0.1) is 13.2 Å². The van der Waals surface area contributed by atoms with Gasteiger partial charge in [-0.3, -0.25) is 4.79 Å². The molecule has 0 saturated carbocycles. The minimum atomic E-state index is -4.76. The third-order valence-electron chi connectivity index (χ3n) is 6.04. The van der Waals surface area contributed by atoms with E-state index >= 15 is 0 Å². The number of ketones is 1. The van der Waals surface area contributed by atoms with Crippen molar-refractivity contribution >= 4 is 49.4 Å². The van der Waals surface area contributed by atoms with Crippen LogP contribution in [0.1, 0.15) is 36.0 Å². The highest BCUT2D eigenvalue weighted by molar-refractivity contribution is 7.22. The molecule has 5 rings (SSSR count). The third kappa shape index (κ3) is 6.20. The first-order valence-corrected chi connectivity index (χ1v) is 12.7. The standard InChI is InChI=1S/C25H25F3N4O4S/c1-32-20-9-6-15(21(33)5-3-10-34-14-17-4-2-11-35-17)12-19(20)29-23(32)31-24-30-18-8-7-16(13-22(18)37-24)36-25(26,27)28/h6-9,12-13,17H,2-5,10-11,14H2,1H3,(H,29,30,31). The van der Waals surface area contributed by atoms with Crippen LogP contribution in [0.3, 0.4) is 0 Å². The van der Waals surface area contributed by atoms with E-state index in [0.717, 1.165) is 25.0 Å². The molecule has 1 atom stereocenters. The molecule has 1 aliphatic rings. The number of ether oxygens (including phenoxy) is 3. The summed E-state index contributed by atoms with van der Waals surface area (Å²) in [4.78, 5) is 21.7. The summed E-state index contributed by atoms with van der Waals surface area (Å²) in [5.41, 5.74) is 2.58. The number of hydrogen-bond donors (Lipinski definition) is 1. The molecule has 0 spiro atoms. The molecule has 1 N–H and O–H groups in total. The lowest BCUT2D eigenvalue weighted by atomic mass is 10.1. The molecule has 1 fully saturated rings. The predicted octanol–water partition coefficient (Wildman–Crippen LogP) is 5.98. The second kappa shape index (κ2) is 10.6. The van der Waals surface area contributed by atoms with Gasteiger partial charge in [-0.25, -0.2) is 9.97 Å². The number of benzene rings is 2. The maximum Gasteiger partial charge on any atom is 0.573 e. The average Bonchev–Trinajstić information content (AvgIpc) is 3.57. The van der Waals surface area contributed by atoms with Gasteiger partial charge in [0.15, 0.2) is 10.9 Å². The van der Waals surface area contributed by atoms with Gasteiger partial charge in [-0.2, -0.15) is 0 Å². The number of alkyl halides is 3. The number of Topliss-reactive ketones (excluding diaryl/α,β-unsaturated/α-hetero) is 1. The van der Waals surface area contributed by atoms with Crippen molar-refractivity contribution in [2.45, 2.75) is 38.1 Å². The molecule has 2 aromatic carbocycles. The lowest BCUT2D eigenvalue weighted by Crippen LogP contribution is -2.16. The fourth-order valence-corrected chi connectivity index (χ4v) is 5.09. The summed E-state index contributed by atoms with van der Waals surface area (Å²) in [6.45, 7) is 1.88. The second-order valence-electron chi connectivity index (χ2n) is 8.76. The fraction of sp³-hybridized carbons (Fsp3) is 0.400. The van der Waals surface area contributed by atoms with E-state index in [0.29, 0.717) is 58.4 Å². The van der Waals surface area contributed by atoms with Gasteiger partial charge < -0.3 is 24.1 Å². The summed E-state index contributed by atoms with van der Waals surface area (Å²) >= 11 is 1.18. The lowest BCUT2D eigenvalue weighted by Gasteiger charge is -2.09. The van der Waals surface area contributed by atoms with E-state index in [1.54, 1.807) is 12.1 Å². The highest BCUT2D eigenvalue weighted by atomic mass is 32.1. The quantitative estimate of drug-likeness (QED) is 0.198. The van der Waals surface area contributed by atoms with Gasteiger partial charge in [-0.1, -0.05) is 11.3 Å². The first kappa shape index (κ1) is 25.4. The van der Waals surface area contributed by atoms with Crippen LogP contribution >= 0.6 is 11.3 Å². The SMILES string of the molecule is Cn1c(Nc2nc3ccc(OC(F)(F)F)cc3s2)nc2cc(C(=O)CCCOCC3CCCO3)ccc21. The Kier molecular flexibility index (Phi) is 7.31. The Morgan fingerprint density at radius 3 is 2.86 bits per heavy atom. The molecule has 0 amide bonds. The van der Waals surface area contributed by atoms with Crippen molar-refractivity contribution in [2.24, 2.45) is 7.05 Å². The van der Waals surface area contributed by atoms with E-state index in [2.05, 4.69) is 20.0 Å². The molecule has 1 aliphatic heterocycles. The number of aromatic nitrogens is 3. The van der Waals surface area contributed by atoms with Crippen LogP contribution in [-0.4, -0.2) is 52.6 Å². The zero-order valence-corrected chi connectivity index (χ0v) is 20.8. The Balaban J connectivity index is 1.23. The summed E-state index contributed by atoms with van der Waals surface area (Å²) in [5.74, 6) is 0.211. The Morgan fingerprint density at radius 1 is 1.22 bits per heavy atom. The normalized spacial score (nSPS) is 16.1. The lowest BCUT2D eigenvalue weighted by molar-refractivity contribution is -0.274. The zero-order valence-electron chi connectivity index (χ0n) is 20.0. The fourth-order valence-electron chi connectivity index (χ4n) is 4.21. The van der Waals surface area contributed by atoms with Crippen LogP contribution in [0.2, 0.25) is 0 Å². The van der Waals surface area contributed by atoms with E-state index in [1.165, 1.54) is 29.5 Å². The smallest absolute Gasteiger partial charge is 0.406 e. The monoisotopic (exact) mass is 534 g/mol. The van der Waals surface area contributed by atoms with E-state index in [1.807, 2.05) is 17.7 Å². The number of imidazole rings is 1. The highest BCUT2D eigenvalue weighted by Gasteiger charge is 2.31. The summed E-state index contributed by atoms with van der Waals surface area (Å²) < 4.78 is 55.1. The molecular formula is C25H25F3N4O4S. The first-order valence-electron chi connectivity index (χ1n) is 11.9. The molecule has 37 heavy (non-hydrogen) atoms. The molecule has 196 valence electrons. The van der Waals surface area contributed by atoms with Gasteiger partial charge in [-0.05, 0) is 49.6 Å². The zero-order chi connectivity index (χ0) is 26.0. The maximum absolute atomic E-state index is 12.7. The van der Waals surface area contributed by atoms with Crippen molar-refractivity contribution in [1.29, 1.82) is 0 Å².